The first-order chi connectivity index (χ1) is 10.6. The molecular weight excluding hydrogens is 299 g/mol. The van der Waals surface area contributed by atoms with Crippen molar-refractivity contribution in [3.63, 3.8) is 0 Å². The van der Waals surface area contributed by atoms with E-state index in [1.54, 1.807) is 17.4 Å². The van der Waals surface area contributed by atoms with E-state index in [4.69, 9.17) is 4.74 Å². The van der Waals surface area contributed by atoms with Gasteiger partial charge in [-0.25, -0.2) is 9.37 Å². The van der Waals surface area contributed by atoms with Gasteiger partial charge in [-0.3, -0.25) is 4.90 Å². The lowest BCUT2D eigenvalue weighted by Gasteiger charge is -2.15. The molecule has 0 aliphatic carbocycles. The number of rotatable bonds is 8. The summed E-state index contributed by atoms with van der Waals surface area (Å²) < 4.78 is 18.6. The van der Waals surface area contributed by atoms with Crippen molar-refractivity contribution in [3.05, 3.63) is 45.7 Å². The lowest BCUT2D eigenvalue weighted by Crippen LogP contribution is -2.17. The predicted molar refractivity (Wildman–Crippen MR) is 88.8 cm³/mol. The molecule has 1 heterocycles. The van der Waals surface area contributed by atoms with Crippen LogP contribution in [0.4, 0.5) is 4.39 Å². The molecule has 5 heteroatoms. The zero-order valence-corrected chi connectivity index (χ0v) is 14.3. The summed E-state index contributed by atoms with van der Waals surface area (Å²) in [6.45, 7) is 3.65. The Balaban J connectivity index is 1.90. The molecule has 0 saturated heterocycles. The zero-order valence-electron chi connectivity index (χ0n) is 13.4. The monoisotopic (exact) mass is 322 g/mol. The maximum Gasteiger partial charge on any atom is 0.165 e. The number of ether oxygens (including phenoxy) is 1. The Labute approximate surface area is 135 Å². The van der Waals surface area contributed by atoms with Gasteiger partial charge in [0.15, 0.2) is 11.6 Å². The van der Waals surface area contributed by atoms with Crippen molar-refractivity contribution in [2.24, 2.45) is 0 Å². The van der Waals surface area contributed by atoms with Crippen LogP contribution in [0.15, 0.2) is 23.6 Å². The molecule has 0 aliphatic heterocycles. The number of benzene rings is 1. The molecule has 22 heavy (non-hydrogen) atoms. The number of halogens is 1. The van der Waals surface area contributed by atoms with Gasteiger partial charge in [-0.15, -0.1) is 11.3 Å². The van der Waals surface area contributed by atoms with Crippen molar-refractivity contribution < 1.29 is 9.13 Å². The number of aryl methyl sites for hydroxylation is 1. The molecule has 2 rings (SSSR count). The molecule has 2 aromatic rings. The number of nitrogens with zero attached hydrogens (tertiary/aromatic N) is 2. The molecule has 0 radical (unpaired) electrons. The molecule has 0 atom stereocenters. The van der Waals surface area contributed by atoms with Gasteiger partial charge in [0, 0.05) is 18.5 Å². The van der Waals surface area contributed by atoms with Gasteiger partial charge in [0.25, 0.3) is 0 Å². The molecule has 120 valence electrons. The maximum atomic E-state index is 13.7. The van der Waals surface area contributed by atoms with Crippen molar-refractivity contribution in [1.29, 1.82) is 0 Å². The van der Waals surface area contributed by atoms with E-state index in [-0.39, 0.29) is 11.6 Å². The third-order valence-corrected chi connectivity index (χ3v) is 4.40. The number of hydrogen-bond donors (Lipinski definition) is 0. The van der Waals surface area contributed by atoms with Crippen LogP contribution in [0, 0.1) is 5.82 Å². The summed E-state index contributed by atoms with van der Waals surface area (Å²) in [7, 11) is 3.50. The Bertz CT molecular complexity index is 600. The molecule has 1 aromatic heterocycles. The first-order valence-corrected chi connectivity index (χ1v) is 8.44. The van der Waals surface area contributed by atoms with E-state index in [0.29, 0.717) is 6.54 Å². The summed E-state index contributed by atoms with van der Waals surface area (Å²) in [6, 6.07) is 5.10. The molecule has 0 aliphatic rings. The number of unbranched alkanes of at least 4 members (excludes halogenated alkanes) is 1. The first kappa shape index (κ1) is 16.9. The lowest BCUT2D eigenvalue weighted by molar-refractivity contribution is 0.314. The van der Waals surface area contributed by atoms with Crippen LogP contribution in [0.25, 0.3) is 0 Å². The third-order valence-electron chi connectivity index (χ3n) is 3.44. The highest BCUT2D eigenvalue weighted by molar-refractivity contribution is 7.09. The van der Waals surface area contributed by atoms with Crippen molar-refractivity contribution >= 4 is 11.3 Å². The van der Waals surface area contributed by atoms with Crippen LogP contribution in [-0.4, -0.2) is 24.0 Å². The molecule has 0 saturated carbocycles. The van der Waals surface area contributed by atoms with Crippen LogP contribution in [0.5, 0.6) is 5.75 Å². The third kappa shape index (κ3) is 4.78. The zero-order chi connectivity index (χ0) is 15.9. The molecule has 0 unspecified atom stereocenters. The fraction of sp³-hybridized carbons (Fsp3) is 0.471. The molecule has 1 aromatic carbocycles. The van der Waals surface area contributed by atoms with Gasteiger partial charge in [0.05, 0.1) is 17.8 Å². The summed E-state index contributed by atoms with van der Waals surface area (Å²) in [4.78, 5) is 6.80. The highest BCUT2D eigenvalue weighted by atomic mass is 32.1. The number of aromatic nitrogens is 1. The fourth-order valence-corrected chi connectivity index (χ4v) is 3.15. The van der Waals surface area contributed by atoms with Gasteiger partial charge >= 0.3 is 0 Å². The van der Waals surface area contributed by atoms with E-state index in [2.05, 4.69) is 22.2 Å². The Morgan fingerprint density at radius 2 is 2.14 bits per heavy atom. The first-order valence-electron chi connectivity index (χ1n) is 7.56. The minimum Gasteiger partial charge on any atom is -0.494 e. The second kappa shape index (κ2) is 8.25. The van der Waals surface area contributed by atoms with Crippen molar-refractivity contribution in [2.75, 3.05) is 14.2 Å². The standard InChI is InChI=1S/C17H23FN2OS/c1-4-5-6-17-19-14(12-22-17)11-20(2)10-13-7-8-16(21-3)15(18)9-13/h7-9,12H,4-6,10-11H2,1-3H3. The van der Waals surface area contributed by atoms with Gasteiger partial charge in [-0.1, -0.05) is 19.4 Å². The van der Waals surface area contributed by atoms with Crippen LogP contribution < -0.4 is 4.74 Å². The Kier molecular flexibility index (Phi) is 6.34. The summed E-state index contributed by atoms with van der Waals surface area (Å²) >= 11 is 1.73. The molecule has 3 nitrogen and oxygen atoms in total. The van der Waals surface area contributed by atoms with Crippen LogP contribution in [0.3, 0.4) is 0 Å². The molecule has 0 amide bonds. The van der Waals surface area contributed by atoms with Gasteiger partial charge in [-0.05, 0) is 37.6 Å². The SMILES string of the molecule is CCCCc1nc(CN(C)Cc2ccc(OC)c(F)c2)cs1. The number of hydrogen-bond acceptors (Lipinski definition) is 4. The van der Waals surface area contributed by atoms with Gasteiger partial charge in [0.2, 0.25) is 0 Å². The van der Waals surface area contributed by atoms with Crippen molar-refractivity contribution in [3.8, 4) is 5.75 Å². The average molecular weight is 322 g/mol. The van der Waals surface area contributed by atoms with E-state index >= 15 is 0 Å². The second-order valence-corrected chi connectivity index (χ2v) is 6.42. The maximum absolute atomic E-state index is 13.7. The van der Waals surface area contributed by atoms with Gasteiger partial charge < -0.3 is 4.74 Å². The normalized spacial score (nSPS) is 11.1. The Morgan fingerprint density at radius 3 is 2.82 bits per heavy atom. The van der Waals surface area contributed by atoms with E-state index in [1.165, 1.54) is 31.0 Å². The van der Waals surface area contributed by atoms with Crippen LogP contribution in [-0.2, 0) is 19.5 Å². The summed E-state index contributed by atoms with van der Waals surface area (Å²) in [5.41, 5.74) is 2.02. The molecule has 0 N–H and O–H groups in total. The molecular formula is C17H23FN2OS. The highest BCUT2D eigenvalue weighted by Gasteiger charge is 2.08. The van der Waals surface area contributed by atoms with Crippen molar-refractivity contribution in [1.82, 2.24) is 9.88 Å². The summed E-state index contributed by atoms with van der Waals surface area (Å²) in [5, 5.41) is 3.33. The van der Waals surface area contributed by atoms with E-state index in [0.717, 1.165) is 24.2 Å². The molecule has 0 fully saturated rings. The minimum absolute atomic E-state index is 0.284. The lowest BCUT2D eigenvalue weighted by atomic mass is 10.2. The summed E-state index contributed by atoms with van der Waals surface area (Å²) in [6.07, 6.45) is 3.44. The molecule has 0 bridgehead atoms. The van der Waals surface area contributed by atoms with Gasteiger partial charge in [0.1, 0.15) is 0 Å². The fourth-order valence-electron chi connectivity index (χ4n) is 2.32. The number of thiazole rings is 1. The van der Waals surface area contributed by atoms with Gasteiger partial charge in [-0.2, -0.15) is 0 Å². The second-order valence-electron chi connectivity index (χ2n) is 5.48. The largest absolute Gasteiger partial charge is 0.494 e. The van der Waals surface area contributed by atoms with Crippen LogP contribution in [0.2, 0.25) is 0 Å². The van der Waals surface area contributed by atoms with E-state index < -0.39 is 0 Å². The van der Waals surface area contributed by atoms with Crippen LogP contribution in [0.1, 0.15) is 36.0 Å². The van der Waals surface area contributed by atoms with Crippen molar-refractivity contribution in [2.45, 2.75) is 39.3 Å². The molecule has 0 spiro atoms. The minimum atomic E-state index is -0.316. The van der Waals surface area contributed by atoms with E-state index in [9.17, 15) is 4.39 Å². The summed E-state index contributed by atoms with van der Waals surface area (Å²) in [5.74, 6) is -0.0321. The Hall–Kier alpha value is -1.46. The quantitative estimate of drug-likeness (QED) is 0.726. The predicted octanol–water partition coefficient (Wildman–Crippen LogP) is 4.27. The van der Waals surface area contributed by atoms with Crippen LogP contribution >= 0.6 is 11.3 Å². The van der Waals surface area contributed by atoms with E-state index in [1.807, 2.05) is 13.1 Å². The average Bonchev–Trinajstić information content (AvgIpc) is 2.92. The smallest absolute Gasteiger partial charge is 0.165 e. The highest BCUT2D eigenvalue weighted by Crippen LogP contribution is 2.19. The topological polar surface area (TPSA) is 25.4 Å². The number of methoxy groups -OCH3 is 1. The Morgan fingerprint density at radius 1 is 1.32 bits per heavy atom.